The molecular formula is C23H26N4O. The minimum Gasteiger partial charge on any atom is -0.348 e. The Morgan fingerprint density at radius 3 is 2.32 bits per heavy atom. The molecule has 5 nitrogen and oxygen atoms in total. The number of aromatic nitrogens is 2. The molecule has 0 saturated heterocycles. The molecule has 144 valence electrons. The summed E-state index contributed by atoms with van der Waals surface area (Å²) in [4.78, 5) is 14.6. The molecule has 1 N–H and O–H groups in total. The number of rotatable bonds is 7. The van der Waals surface area contributed by atoms with Crippen molar-refractivity contribution in [2.75, 3.05) is 4.90 Å². The molecule has 0 radical (unpaired) electrons. The molecule has 3 aromatic rings. The Kier molecular flexibility index (Phi) is 6.37. The molecule has 1 aromatic heterocycles. The first-order chi connectivity index (χ1) is 13.5. The minimum atomic E-state index is -0.221. The van der Waals surface area contributed by atoms with Crippen molar-refractivity contribution in [3.63, 3.8) is 0 Å². The Morgan fingerprint density at radius 2 is 1.68 bits per heavy atom. The highest BCUT2D eigenvalue weighted by molar-refractivity contribution is 5.92. The quantitative estimate of drug-likeness (QED) is 0.676. The zero-order chi connectivity index (χ0) is 19.9. The van der Waals surface area contributed by atoms with Crippen molar-refractivity contribution in [2.24, 2.45) is 0 Å². The van der Waals surface area contributed by atoms with E-state index in [4.69, 9.17) is 0 Å². The predicted molar refractivity (Wildman–Crippen MR) is 112 cm³/mol. The van der Waals surface area contributed by atoms with Gasteiger partial charge in [-0.1, -0.05) is 54.6 Å². The lowest BCUT2D eigenvalue weighted by atomic mass is 10.1. The highest BCUT2D eigenvalue weighted by Gasteiger charge is 2.15. The maximum Gasteiger partial charge on any atom is 0.272 e. The van der Waals surface area contributed by atoms with Crippen molar-refractivity contribution in [2.45, 2.75) is 39.9 Å². The van der Waals surface area contributed by atoms with Crippen LogP contribution in [0, 0.1) is 6.92 Å². The molecule has 1 heterocycles. The van der Waals surface area contributed by atoms with Gasteiger partial charge in [-0.2, -0.15) is 0 Å². The fourth-order valence-corrected chi connectivity index (χ4v) is 2.98. The molecule has 0 bridgehead atoms. The third-order valence-corrected chi connectivity index (χ3v) is 4.70. The van der Waals surface area contributed by atoms with Crippen LogP contribution in [0.3, 0.4) is 0 Å². The van der Waals surface area contributed by atoms with Crippen molar-refractivity contribution in [1.29, 1.82) is 0 Å². The first-order valence-corrected chi connectivity index (χ1v) is 9.51. The molecule has 0 fully saturated rings. The van der Waals surface area contributed by atoms with Gasteiger partial charge >= 0.3 is 0 Å². The summed E-state index contributed by atoms with van der Waals surface area (Å²) in [6, 6.07) is 22.1. The molecule has 0 aliphatic heterocycles. The Balaban J connectivity index is 1.67. The van der Waals surface area contributed by atoms with Gasteiger partial charge in [-0.05, 0) is 49.6 Å². The molecule has 1 amide bonds. The fourth-order valence-electron chi connectivity index (χ4n) is 2.98. The van der Waals surface area contributed by atoms with E-state index in [2.05, 4.69) is 46.4 Å². The summed E-state index contributed by atoms with van der Waals surface area (Å²) in [6.07, 6.45) is 0. The summed E-state index contributed by atoms with van der Waals surface area (Å²) in [5.41, 5.74) is 3.77. The van der Waals surface area contributed by atoms with Crippen LogP contribution >= 0.6 is 0 Å². The number of benzene rings is 2. The summed E-state index contributed by atoms with van der Waals surface area (Å²) < 4.78 is 0. The topological polar surface area (TPSA) is 58.1 Å². The van der Waals surface area contributed by atoms with Crippen LogP contribution in [0.2, 0.25) is 0 Å². The second-order valence-corrected chi connectivity index (χ2v) is 7.09. The standard InChI is InChI=1S/C23H26N4O/c1-17(2)27(16-19-10-5-4-6-11-19)22-14-13-21(25-26-22)23(28)24-15-20-12-8-7-9-18(20)3/h4-14,17H,15-16H2,1-3H3,(H,24,28). The van der Waals surface area contributed by atoms with E-state index in [1.807, 2.05) is 55.5 Å². The second-order valence-electron chi connectivity index (χ2n) is 7.09. The monoisotopic (exact) mass is 374 g/mol. The molecular weight excluding hydrogens is 348 g/mol. The average Bonchev–Trinajstić information content (AvgIpc) is 2.72. The molecule has 28 heavy (non-hydrogen) atoms. The van der Waals surface area contributed by atoms with E-state index in [1.54, 1.807) is 6.07 Å². The predicted octanol–water partition coefficient (Wildman–Crippen LogP) is 4.13. The maximum atomic E-state index is 12.4. The number of carbonyl (C=O) groups is 1. The van der Waals surface area contributed by atoms with Gasteiger partial charge in [0.05, 0.1) is 0 Å². The summed E-state index contributed by atoms with van der Waals surface area (Å²) in [5, 5.41) is 11.4. The largest absolute Gasteiger partial charge is 0.348 e. The Labute approximate surface area is 166 Å². The first kappa shape index (κ1) is 19.5. The fraction of sp³-hybridized carbons (Fsp3) is 0.261. The Morgan fingerprint density at radius 1 is 0.964 bits per heavy atom. The minimum absolute atomic E-state index is 0.221. The maximum absolute atomic E-state index is 12.4. The third-order valence-electron chi connectivity index (χ3n) is 4.70. The number of hydrogen-bond acceptors (Lipinski definition) is 4. The van der Waals surface area contributed by atoms with Crippen LogP contribution < -0.4 is 10.2 Å². The van der Waals surface area contributed by atoms with E-state index in [0.717, 1.165) is 23.5 Å². The van der Waals surface area contributed by atoms with Crippen LogP contribution in [-0.2, 0) is 13.1 Å². The molecule has 0 saturated carbocycles. The SMILES string of the molecule is Cc1ccccc1CNC(=O)c1ccc(N(Cc2ccccc2)C(C)C)nn1. The molecule has 0 aliphatic carbocycles. The smallest absolute Gasteiger partial charge is 0.272 e. The molecule has 0 unspecified atom stereocenters. The van der Waals surface area contributed by atoms with Gasteiger partial charge in [0.1, 0.15) is 0 Å². The highest BCUT2D eigenvalue weighted by Crippen LogP contribution is 2.17. The van der Waals surface area contributed by atoms with Crippen molar-refractivity contribution < 1.29 is 4.79 Å². The highest BCUT2D eigenvalue weighted by atomic mass is 16.1. The van der Waals surface area contributed by atoms with Crippen molar-refractivity contribution in [1.82, 2.24) is 15.5 Å². The number of hydrogen-bond donors (Lipinski definition) is 1. The Bertz CT molecular complexity index is 907. The first-order valence-electron chi connectivity index (χ1n) is 9.51. The van der Waals surface area contributed by atoms with Gasteiger partial charge in [0.25, 0.3) is 5.91 Å². The lowest BCUT2D eigenvalue weighted by molar-refractivity contribution is 0.0945. The van der Waals surface area contributed by atoms with Crippen molar-refractivity contribution in [3.8, 4) is 0 Å². The lowest BCUT2D eigenvalue weighted by Gasteiger charge is -2.27. The second kappa shape index (κ2) is 9.13. The number of aryl methyl sites for hydroxylation is 1. The van der Waals surface area contributed by atoms with Crippen LogP contribution in [0.4, 0.5) is 5.82 Å². The summed E-state index contributed by atoms with van der Waals surface area (Å²) in [6.45, 7) is 7.48. The van der Waals surface area contributed by atoms with Gasteiger partial charge in [-0.3, -0.25) is 4.79 Å². The molecule has 3 rings (SSSR count). The van der Waals surface area contributed by atoms with Gasteiger partial charge in [-0.15, -0.1) is 10.2 Å². The van der Waals surface area contributed by atoms with E-state index in [-0.39, 0.29) is 11.9 Å². The molecule has 5 heteroatoms. The van der Waals surface area contributed by atoms with Gasteiger partial charge in [0, 0.05) is 19.1 Å². The van der Waals surface area contributed by atoms with E-state index < -0.39 is 0 Å². The summed E-state index contributed by atoms with van der Waals surface area (Å²) in [5.74, 6) is 0.538. The van der Waals surface area contributed by atoms with Gasteiger partial charge < -0.3 is 10.2 Å². The number of carbonyl (C=O) groups excluding carboxylic acids is 1. The number of nitrogens with zero attached hydrogens (tertiary/aromatic N) is 3. The van der Waals surface area contributed by atoms with Crippen molar-refractivity contribution in [3.05, 3.63) is 89.1 Å². The van der Waals surface area contributed by atoms with Crippen LogP contribution in [0.1, 0.15) is 41.0 Å². The van der Waals surface area contributed by atoms with Gasteiger partial charge in [0.15, 0.2) is 11.5 Å². The zero-order valence-corrected chi connectivity index (χ0v) is 16.6. The molecule has 2 aromatic carbocycles. The Hall–Kier alpha value is -3.21. The number of amides is 1. The number of anilines is 1. The van der Waals surface area contributed by atoms with Gasteiger partial charge in [0.2, 0.25) is 0 Å². The summed E-state index contributed by atoms with van der Waals surface area (Å²) in [7, 11) is 0. The van der Waals surface area contributed by atoms with Crippen molar-refractivity contribution >= 4 is 11.7 Å². The van der Waals surface area contributed by atoms with Crippen LogP contribution in [0.25, 0.3) is 0 Å². The average molecular weight is 374 g/mol. The van der Waals surface area contributed by atoms with Crippen LogP contribution in [0.15, 0.2) is 66.7 Å². The normalized spacial score (nSPS) is 10.7. The van der Waals surface area contributed by atoms with E-state index >= 15 is 0 Å². The molecule has 0 atom stereocenters. The van der Waals surface area contributed by atoms with E-state index in [9.17, 15) is 4.79 Å². The zero-order valence-electron chi connectivity index (χ0n) is 16.6. The van der Waals surface area contributed by atoms with E-state index in [1.165, 1.54) is 5.56 Å². The van der Waals surface area contributed by atoms with E-state index in [0.29, 0.717) is 12.2 Å². The third kappa shape index (κ3) is 4.94. The summed E-state index contributed by atoms with van der Waals surface area (Å²) >= 11 is 0. The molecule has 0 spiro atoms. The molecule has 0 aliphatic rings. The lowest BCUT2D eigenvalue weighted by Crippen LogP contribution is -2.31. The van der Waals surface area contributed by atoms with Crippen LogP contribution in [-0.4, -0.2) is 22.1 Å². The van der Waals surface area contributed by atoms with Crippen LogP contribution in [0.5, 0.6) is 0 Å². The van der Waals surface area contributed by atoms with Gasteiger partial charge in [-0.25, -0.2) is 0 Å². The number of nitrogens with one attached hydrogen (secondary N) is 1.